The highest BCUT2D eigenvalue weighted by atomic mass is 16.2. The van der Waals surface area contributed by atoms with Gasteiger partial charge in [-0.2, -0.15) is 0 Å². The first-order chi connectivity index (χ1) is 5.70. The first-order valence-corrected chi connectivity index (χ1v) is 4.51. The van der Waals surface area contributed by atoms with Crippen molar-refractivity contribution in [1.82, 2.24) is 10.9 Å². The van der Waals surface area contributed by atoms with Crippen LogP contribution in [-0.2, 0) is 0 Å². The molecule has 0 aliphatic heterocycles. The number of nitrogens with two attached hydrogens (primary N) is 1. The van der Waals surface area contributed by atoms with Gasteiger partial charge in [0.05, 0.1) is 0 Å². The molecule has 0 unspecified atom stereocenters. The Morgan fingerprint density at radius 3 is 2.67 bits per heavy atom. The third-order valence-electron chi connectivity index (χ3n) is 2.49. The molecule has 4 N–H and O–H groups in total. The Morgan fingerprint density at radius 2 is 2.08 bits per heavy atom. The highest BCUT2D eigenvalue weighted by Crippen LogP contribution is 2.22. The summed E-state index contributed by atoms with van der Waals surface area (Å²) in [7, 11) is 0. The van der Waals surface area contributed by atoms with Crippen molar-refractivity contribution >= 4 is 6.03 Å². The summed E-state index contributed by atoms with van der Waals surface area (Å²) in [5, 5.41) is 0. The first-order valence-electron chi connectivity index (χ1n) is 4.51. The number of carbonyl (C=O) groups excluding carboxylic acids is 1. The Hall–Kier alpha value is -0.770. The second kappa shape index (κ2) is 4.30. The van der Waals surface area contributed by atoms with Crippen LogP contribution in [0.1, 0.15) is 32.6 Å². The first kappa shape index (κ1) is 9.32. The third-order valence-corrected chi connectivity index (χ3v) is 2.49. The molecule has 0 spiro atoms. The van der Waals surface area contributed by atoms with Gasteiger partial charge >= 0.3 is 6.03 Å². The van der Waals surface area contributed by atoms with Gasteiger partial charge in [0.2, 0.25) is 0 Å². The Labute approximate surface area is 72.9 Å². The predicted octanol–water partition coefficient (Wildman–Crippen LogP) is 0.738. The molecule has 4 heteroatoms. The summed E-state index contributed by atoms with van der Waals surface area (Å²) in [6.07, 6.45) is 4.90. The van der Waals surface area contributed by atoms with Crippen molar-refractivity contribution in [2.45, 2.75) is 38.6 Å². The Kier molecular flexibility index (Phi) is 3.34. The van der Waals surface area contributed by atoms with E-state index in [2.05, 4.69) is 17.8 Å². The van der Waals surface area contributed by atoms with Gasteiger partial charge in [0.15, 0.2) is 0 Å². The van der Waals surface area contributed by atoms with Crippen molar-refractivity contribution in [2.24, 2.45) is 11.7 Å². The number of primary amides is 1. The lowest BCUT2D eigenvalue weighted by atomic mass is 9.86. The molecule has 1 fully saturated rings. The molecule has 0 heterocycles. The summed E-state index contributed by atoms with van der Waals surface area (Å²) in [5.74, 6) is 0.630. The van der Waals surface area contributed by atoms with Crippen LogP contribution < -0.4 is 16.6 Å². The van der Waals surface area contributed by atoms with E-state index in [-0.39, 0.29) is 0 Å². The van der Waals surface area contributed by atoms with Crippen molar-refractivity contribution in [3.05, 3.63) is 0 Å². The normalized spacial score (nSPS) is 29.8. The second-order valence-corrected chi connectivity index (χ2v) is 3.50. The Morgan fingerprint density at radius 1 is 1.42 bits per heavy atom. The van der Waals surface area contributed by atoms with Crippen LogP contribution >= 0.6 is 0 Å². The molecule has 0 radical (unpaired) electrons. The van der Waals surface area contributed by atoms with E-state index in [1.807, 2.05) is 0 Å². The lowest BCUT2D eigenvalue weighted by Crippen LogP contribution is -2.50. The molecular formula is C8H17N3O. The smallest absolute Gasteiger partial charge is 0.326 e. The van der Waals surface area contributed by atoms with Crippen LogP contribution in [0, 0.1) is 5.92 Å². The van der Waals surface area contributed by atoms with E-state index >= 15 is 0 Å². The summed E-state index contributed by atoms with van der Waals surface area (Å²) in [6.45, 7) is 2.19. The Balaban J connectivity index is 2.24. The zero-order valence-corrected chi connectivity index (χ0v) is 7.47. The quantitative estimate of drug-likeness (QED) is 0.536. The zero-order valence-electron chi connectivity index (χ0n) is 7.47. The largest absolute Gasteiger partial charge is 0.351 e. The second-order valence-electron chi connectivity index (χ2n) is 3.50. The minimum absolute atomic E-state index is 0.395. The van der Waals surface area contributed by atoms with Crippen molar-refractivity contribution in [3.63, 3.8) is 0 Å². The number of amides is 2. The molecule has 2 atom stereocenters. The number of urea groups is 1. The fourth-order valence-electron chi connectivity index (χ4n) is 1.69. The van der Waals surface area contributed by atoms with Crippen molar-refractivity contribution in [3.8, 4) is 0 Å². The molecule has 4 nitrogen and oxygen atoms in total. The van der Waals surface area contributed by atoms with Gasteiger partial charge in [0, 0.05) is 6.04 Å². The van der Waals surface area contributed by atoms with Crippen LogP contribution in [0.5, 0.6) is 0 Å². The van der Waals surface area contributed by atoms with Crippen LogP contribution in [0.25, 0.3) is 0 Å². The molecule has 1 aliphatic carbocycles. The summed E-state index contributed by atoms with van der Waals surface area (Å²) >= 11 is 0. The van der Waals surface area contributed by atoms with E-state index < -0.39 is 6.03 Å². The average molecular weight is 171 g/mol. The molecule has 0 saturated heterocycles. The van der Waals surface area contributed by atoms with E-state index in [0.29, 0.717) is 12.0 Å². The summed E-state index contributed by atoms with van der Waals surface area (Å²) in [6, 6.07) is -0.112. The van der Waals surface area contributed by atoms with Gasteiger partial charge in [-0.15, -0.1) is 0 Å². The number of hydrazine groups is 1. The lowest BCUT2D eigenvalue weighted by molar-refractivity contribution is 0.226. The number of nitrogens with one attached hydrogen (secondary N) is 2. The molecule has 70 valence electrons. The molecule has 1 rings (SSSR count). The van der Waals surface area contributed by atoms with Crippen LogP contribution in [0.3, 0.4) is 0 Å². The molecule has 12 heavy (non-hydrogen) atoms. The Bertz CT molecular complexity index is 160. The lowest BCUT2D eigenvalue weighted by Gasteiger charge is -2.29. The standard InChI is InChI=1S/C8H17N3O/c1-6-4-2-3-5-7(6)10-11-8(9)12/h6-7,10H,2-5H2,1H3,(H3,9,11,12)/t6-,7+/m0/s1. The SMILES string of the molecule is C[C@H]1CCCC[C@H]1NNC(N)=O. The van der Waals surface area contributed by atoms with Crippen LogP contribution in [-0.4, -0.2) is 12.1 Å². The summed E-state index contributed by atoms with van der Waals surface area (Å²) in [5.41, 5.74) is 10.3. The molecule has 0 aromatic carbocycles. The molecule has 0 aromatic rings. The zero-order chi connectivity index (χ0) is 8.97. The third kappa shape index (κ3) is 2.70. The van der Waals surface area contributed by atoms with Gasteiger partial charge in [-0.3, -0.25) is 5.43 Å². The number of carbonyl (C=O) groups is 1. The monoisotopic (exact) mass is 171 g/mol. The minimum atomic E-state index is -0.507. The predicted molar refractivity (Wildman–Crippen MR) is 47.3 cm³/mol. The van der Waals surface area contributed by atoms with Gasteiger partial charge in [0.25, 0.3) is 0 Å². The molecule has 1 aliphatic rings. The van der Waals surface area contributed by atoms with E-state index in [1.54, 1.807) is 0 Å². The number of hydrogen-bond acceptors (Lipinski definition) is 2. The van der Waals surface area contributed by atoms with Gasteiger partial charge in [-0.25, -0.2) is 10.2 Å². The van der Waals surface area contributed by atoms with Gasteiger partial charge in [-0.1, -0.05) is 19.8 Å². The van der Waals surface area contributed by atoms with E-state index in [1.165, 1.54) is 19.3 Å². The van der Waals surface area contributed by atoms with Crippen molar-refractivity contribution in [2.75, 3.05) is 0 Å². The molecule has 0 aromatic heterocycles. The van der Waals surface area contributed by atoms with Crippen molar-refractivity contribution < 1.29 is 4.79 Å². The minimum Gasteiger partial charge on any atom is -0.351 e. The maximum atomic E-state index is 10.4. The topological polar surface area (TPSA) is 67.2 Å². The molecule has 1 saturated carbocycles. The number of rotatable bonds is 2. The summed E-state index contributed by atoms with van der Waals surface area (Å²) < 4.78 is 0. The number of hydrogen-bond donors (Lipinski definition) is 3. The highest BCUT2D eigenvalue weighted by molar-refractivity contribution is 5.70. The van der Waals surface area contributed by atoms with Crippen LogP contribution in [0.4, 0.5) is 4.79 Å². The van der Waals surface area contributed by atoms with E-state index in [4.69, 9.17) is 5.73 Å². The maximum Gasteiger partial charge on any atom is 0.326 e. The maximum absolute atomic E-state index is 10.4. The molecular weight excluding hydrogens is 154 g/mol. The van der Waals surface area contributed by atoms with E-state index in [0.717, 1.165) is 6.42 Å². The van der Waals surface area contributed by atoms with E-state index in [9.17, 15) is 4.79 Å². The van der Waals surface area contributed by atoms with Crippen LogP contribution in [0.2, 0.25) is 0 Å². The molecule has 2 amide bonds. The summed E-state index contributed by atoms with van der Waals surface area (Å²) in [4.78, 5) is 10.4. The molecule has 0 bridgehead atoms. The van der Waals surface area contributed by atoms with Crippen LogP contribution in [0.15, 0.2) is 0 Å². The fraction of sp³-hybridized carbons (Fsp3) is 0.875. The van der Waals surface area contributed by atoms with Crippen molar-refractivity contribution in [1.29, 1.82) is 0 Å². The van der Waals surface area contributed by atoms with Gasteiger partial charge in [0.1, 0.15) is 0 Å². The fourth-order valence-corrected chi connectivity index (χ4v) is 1.69. The van der Waals surface area contributed by atoms with Gasteiger partial charge in [-0.05, 0) is 18.8 Å². The van der Waals surface area contributed by atoms with Gasteiger partial charge < -0.3 is 5.73 Å². The highest BCUT2D eigenvalue weighted by Gasteiger charge is 2.20. The average Bonchev–Trinajstić information content (AvgIpc) is 2.03.